The van der Waals surface area contributed by atoms with Crippen LogP contribution in [0.3, 0.4) is 0 Å². The van der Waals surface area contributed by atoms with Gasteiger partial charge in [0.2, 0.25) is 5.13 Å². The van der Waals surface area contributed by atoms with Gasteiger partial charge < -0.3 is 4.90 Å². The lowest BCUT2D eigenvalue weighted by Gasteiger charge is -2.07. The van der Waals surface area contributed by atoms with Crippen molar-refractivity contribution < 1.29 is 0 Å². The molecule has 1 aromatic heterocycles. The fraction of sp³-hybridized carbons (Fsp3) is 0.571. The van der Waals surface area contributed by atoms with Gasteiger partial charge in [-0.05, 0) is 45.7 Å². The molecule has 1 aliphatic rings. The molecule has 0 bridgehead atoms. The lowest BCUT2D eigenvalue weighted by molar-refractivity contribution is 0.536. The molecule has 70 valence electrons. The van der Waals surface area contributed by atoms with Gasteiger partial charge in [0.25, 0.3) is 0 Å². The average Bonchev–Trinajstić information content (AvgIpc) is 2.71. The lowest BCUT2D eigenvalue weighted by Crippen LogP contribution is -2.15. The molecular weight excluding hydrogens is 222 g/mol. The highest BCUT2D eigenvalue weighted by Gasteiger charge is 2.06. The lowest BCUT2D eigenvalue weighted by atomic mass is 10.4. The molecule has 3 nitrogen and oxygen atoms in total. The highest BCUT2D eigenvalue weighted by Crippen LogP contribution is 2.21. The first-order valence-electron chi connectivity index (χ1n) is 4.10. The van der Waals surface area contributed by atoms with E-state index in [2.05, 4.69) is 14.9 Å². The third-order valence-electron chi connectivity index (χ3n) is 1.85. The minimum absolute atomic E-state index is 0.679. The SMILES string of the molecule is S=c1nc(/N=C/N2CCCC2)ss1. The van der Waals surface area contributed by atoms with Crippen molar-refractivity contribution in [3.05, 3.63) is 3.95 Å². The molecule has 0 amide bonds. The fourth-order valence-corrected chi connectivity index (χ4v) is 3.01. The second-order valence-electron chi connectivity index (χ2n) is 2.81. The number of rotatable bonds is 2. The third kappa shape index (κ3) is 2.55. The van der Waals surface area contributed by atoms with Gasteiger partial charge in [-0.3, -0.25) is 0 Å². The Morgan fingerprint density at radius 1 is 1.38 bits per heavy atom. The summed E-state index contributed by atoms with van der Waals surface area (Å²) in [5.74, 6) is 0. The van der Waals surface area contributed by atoms with E-state index in [0.717, 1.165) is 18.2 Å². The van der Waals surface area contributed by atoms with Crippen LogP contribution in [0.2, 0.25) is 0 Å². The second kappa shape index (κ2) is 4.26. The Kier molecular flexibility index (Phi) is 3.02. The molecule has 1 aliphatic heterocycles. The van der Waals surface area contributed by atoms with Crippen LogP contribution >= 0.6 is 32.9 Å². The number of likely N-dealkylation sites (tertiary alicyclic amines) is 1. The van der Waals surface area contributed by atoms with Crippen molar-refractivity contribution >= 4 is 44.4 Å². The van der Waals surface area contributed by atoms with Crippen molar-refractivity contribution in [2.45, 2.75) is 12.8 Å². The molecule has 0 atom stereocenters. The topological polar surface area (TPSA) is 28.5 Å². The molecule has 0 saturated carbocycles. The van der Waals surface area contributed by atoms with Crippen LogP contribution in [0.15, 0.2) is 4.99 Å². The standard InChI is InChI=1S/C7H9N3S3/c11-7-9-6(12-13-7)8-5-10-3-1-2-4-10/h5H,1-4H2/b8-5+. The Labute approximate surface area is 89.2 Å². The van der Waals surface area contributed by atoms with E-state index >= 15 is 0 Å². The molecule has 0 radical (unpaired) electrons. The van der Waals surface area contributed by atoms with Crippen LogP contribution in [0, 0.1) is 3.95 Å². The minimum atomic E-state index is 0.679. The summed E-state index contributed by atoms with van der Waals surface area (Å²) in [7, 11) is 3.03. The van der Waals surface area contributed by atoms with Gasteiger partial charge in [-0.2, -0.15) is 4.98 Å². The Bertz CT molecular complexity index is 348. The third-order valence-corrected chi connectivity index (χ3v) is 4.34. The Hall–Kier alpha value is -0.330. The monoisotopic (exact) mass is 231 g/mol. The molecular formula is C7H9N3S3. The number of aliphatic imine (C=N–C) groups is 1. The van der Waals surface area contributed by atoms with E-state index < -0.39 is 0 Å². The summed E-state index contributed by atoms with van der Waals surface area (Å²) in [6.07, 6.45) is 4.44. The van der Waals surface area contributed by atoms with Crippen molar-refractivity contribution in [1.29, 1.82) is 0 Å². The van der Waals surface area contributed by atoms with Crippen molar-refractivity contribution in [1.82, 2.24) is 9.88 Å². The van der Waals surface area contributed by atoms with E-state index in [1.165, 1.54) is 33.5 Å². The summed E-state index contributed by atoms with van der Waals surface area (Å²) in [6.45, 7) is 2.25. The van der Waals surface area contributed by atoms with Crippen molar-refractivity contribution in [3.8, 4) is 0 Å². The van der Waals surface area contributed by atoms with Crippen LogP contribution in [0.5, 0.6) is 0 Å². The van der Waals surface area contributed by atoms with Gasteiger partial charge in [0.1, 0.15) is 0 Å². The number of hydrogen-bond donors (Lipinski definition) is 0. The van der Waals surface area contributed by atoms with Gasteiger partial charge in [0.05, 0.1) is 6.34 Å². The quantitative estimate of drug-likeness (QED) is 0.339. The maximum Gasteiger partial charge on any atom is 0.222 e. The minimum Gasteiger partial charge on any atom is -0.363 e. The smallest absolute Gasteiger partial charge is 0.222 e. The van der Waals surface area contributed by atoms with Gasteiger partial charge >= 0.3 is 0 Å². The first-order chi connectivity index (χ1) is 6.34. The molecule has 1 saturated heterocycles. The maximum atomic E-state index is 4.91. The summed E-state index contributed by atoms with van der Waals surface area (Å²) in [6, 6.07) is 0. The molecule has 0 N–H and O–H groups in total. The molecule has 13 heavy (non-hydrogen) atoms. The van der Waals surface area contributed by atoms with Gasteiger partial charge in [-0.1, -0.05) is 0 Å². The molecule has 1 fully saturated rings. The maximum absolute atomic E-state index is 4.91. The molecule has 2 rings (SSSR count). The molecule has 0 spiro atoms. The zero-order chi connectivity index (χ0) is 9.10. The highest BCUT2D eigenvalue weighted by atomic mass is 32.9. The van der Waals surface area contributed by atoms with Gasteiger partial charge in [-0.15, -0.1) is 0 Å². The summed E-state index contributed by atoms with van der Waals surface area (Å²) in [5, 5.41) is 0.780. The van der Waals surface area contributed by atoms with E-state index in [1.54, 1.807) is 0 Å². The number of hydrogen-bond acceptors (Lipinski definition) is 5. The van der Waals surface area contributed by atoms with Crippen LogP contribution in [-0.4, -0.2) is 29.3 Å². The first kappa shape index (κ1) is 9.23. The number of aromatic nitrogens is 1. The van der Waals surface area contributed by atoms with Gasteiger partial charge in [-0.25, -0.2) is 4.99 Å². The molecule has 0 aliphatic carbocycles. The summed E-state index contributed by atoms with van der Waals surface area (Å²) in [5.41, 5.74) is 0. The van der Waals surface area contributed by atoms with E-state index in [9.17, 15) is 0 Å². The Balaban J connectivity index is 2.00. The zero-order valence-corrected chi connectivity index (χ0v) is 9.42. The second-order valence-corrected chi connectivity index (χ2v) is 5.54. The molecule has 0 unspecified atom stereocenters. The van der Waals surface area contributed by atoms with Crippen molar-refractivity contribution in [3.63, 3.8) is 0 Å². The molecule has 0 aromatic carbocycles. The normalized spacial score (nSPS) is 17.4. The van der Waals surface area contributed by atoms with E-state index in [0.29, 0.717) is 3.95 Å². The van der Waals surface area contributed by atoms with Crippen molar-refractivity contribution in [2.24, 2.45) is 4.99 Å². The molecule has 1 aromatic rings. The van der Waals surface area contributed by atoms with Crippen LogP contribution in [0.4, 0.5) is 5.13 Å². The summed E-state index contributed by atoms with van der Waals surface area (Å²) in [4.78, 5) is 10.6. The predicted octanol–water partition coefficient (Wildman–Crippen LogP) is 2.69. The highest BCUT2D eigenvalue weighted by molar-refractivity contribution is 7.79. The Morgan fingerprint density at radius 2 is 2.15 bits per heavy atom. The van der Waals surface area contributed by atoms with Crippen LogP contribution in [0.25, 0.3) is 0 Å². The van der Waals surface area contributed by atoms with Crippen LogP contribution in [-0.2, 0) is 0 Å². The van der Waals surface area contributed by atoms with Crippen LogP contribution in [0.1, 0.15) is 12.8 Å². The van der Waals surface area contributed by atoms with Crippen molar-refractivity contribution in [2.75, 3.05) is 13.1 Å². The average molecular weight is 231 g/mol. The van der Waals surface area contributed by atoms with Gasteiger partial charge in [0.15, 0.2) is 3.95 Å². The molecule has 6 heteroatoms. The molecule has 2 heterocycles. The summed E-state index contributed by atoms with van der Waals surface area (Å²) >= 11 is 4.91. The van der Waals surface area contributed by atoms with E-state index in [-0.39, 0.29) is 0 Å². The van der Waals surface area contributed by atoms with Crippen LogP contribution < -0.4 is 0 Å². The largest absolute Gasteiger partial charge is 0.363 e. The predicted molar refractivity (Wildman–Crippen MR) is 59.8 cm³/mol. The summed E-state index contributed by atoms with van der Waals surface area (Å²) < 4.78 is 0.679. The number of nitrogens with zero attached hydrogens (tertiary/aromatic N) is 3. The van der Waals surface area contributed by atoms with E-state index in [1.807, 2.05) is 6.34 Å². The van der Waals surface area contributed by atoms with E-state index in [4.69, 9.17) is 12.2 Å². The zero-order valence-electron chi connectivity index (χ0n) is 6.97. The fourth-order valence-electron chi connectivity index (χ4n) is 1.23. The van der Waals surface area contributed by atoms with Gasteiger partial charge in [0, 0.05) is 13.1 Å². The Morgan fingerprint density at radius 3 is 2.77 bits per heavy atom. The first-order valence-corrected chi connectivity index (χ1v) is 6.66.